The van der Waals surface area contributed by atoms with E-state index in [0.717, 1.165) is 25.0 Å². The predicted molar refractivity (Wildman–Crippen MR) is 84.9 cm³/mol. The zero-order valence-corrected chi connectivity index (χ0v) is 13.6. The van der Waals surface area contributed by atoms with Crippen molar-refractivity contribution >= 4 is 52.2 Å². The lowest BCUT2D eigenvalue weighted by atomic mass is 9.89. The molecule has 8 heteroatoms. The number of hydrazone groups is 1. The van der Waals surface area contributed by atoms with Gasteiger partial charge in [0.1, 0.15) is 10.0 Å². The Morgan fingerprint density at radius 1 is 1.33 bits per heavy atom. The lowest BCUT2D eigenvalue weighted by Gasteiger charge is -2.20. The third-order valence-electron chi connectivity index (χ3n) is 3.44. The smallest absolute Gasteiger partial charge is 0.356 e. The van der Waals surface area contributed by atoms with Gasteiger partial charge in [-0.2, -0.15) is 5.10 Å². The molecule has 0 bridgehead atoms. The number of anilines is 1. The molecule has 0 saturated heterocycles. The highest BCUT2D eigenvalue weighted by atomic mass is 35.5. The van der Waals surface area contributed by atoms with Crippen LogP contribution in [0.3, 0.4) is 0 Å². The maximum absolute atomic E-state index is 11.1. The van der Waals surface area contributed by atoms with Crippen LogP contribution in [-0.2, 0) is 0 Å². The fraction of sp³-hybridized carbons (Fsp3) is 0.462. The first-order chi connectivity index (χ1) is 9.91. The van der Waals surface area contributed by atoms with E-state index in [1.165, 1.54) is 6.42 Å². The molecule has 21 heavy (non-hydrogen) atoms. The van der Waals surface area contributed by atoms with Gasteiger partial charge in [0.15, 0.2) is 10.8 Å². The van der Waals surface area contributed by atoms with Gasteiger partial charge in [0, 0.05) is 5.71 Å². The van der Waals surface area contributed by atoms with Gasteiger partial charge in [-0.25, -0.2) is 9.78 Å². The summed E-state index contributed by atoms with van der Waals surface area (Å²) in [5.41, 5.74) is 3.58. The Balaban J connectivity index is 2.35. The number of nitrogens with one attached hydrogen (secondary N) is 1. The largest absolute Gasteiger partial charge is 0.476 e. The number of pyridine rings is 1. The van der Waals surface area contributed by atoms with Crippen LogP contribution >= 0.6 is 34.8 Å². The summed E-state index contributed by atoms with van der Waals surface area (Å²) >= 11 is 17.9. The van der Waals surface area contributed by atoms with Crippen molar-refractivity contribution in [2.75, 3.05) is 5.43 Å². The number of aromatic carboxylic acids is 1. The van der Waals surface area contributed by atoms with Crippen molar-refractivity contribution in [3.8, 4) is 0 Å². The molecule has 2 N–H and O–H groups in total. The van der Waals surface area contributed by atoms with Gasteiger partial charge in [0.25, 0.3) is 0 Å². The molecule has 0 spiro atoms. The fourth-order valence-corrected chi connectivity index (χ4v) is 2.88. The van der Waals surface area contributed by atoms with E-state index < -0.39 is 5.97 Å². The third kappa shape index (κ3) is 3.59. The SMILES string of the molecule is C[C@H]1CCCC/C1=N/Nc1c(Cl)c(Cl)nc(C(=O)O)c1Cl. The summed E-state index contributed by atoms with van der Waals surface area (Å²) in [6.07, 6.45) is 4.25. The highest BCUT2D eigenvalue weighted by molar-refractivity contribution is 6.46. The molecular weight excluding hydrogens is 337 g/mol. The molecule has 1 fully saturated rings. The molecule has 114 valence electrons. The number of hydrogen-bond donors (Lipinski definition) is 2. The normalized spacial score (nSPS) is 20.6. The molecule has 1 aromatic heterocycles. The van der Waals surface area contributed by atoms with Crippen molar-refractivity contribution in [1.82, 2.24) is 4.98 Å². The van der Waals surface area contributed by atoms with E-state index in [0.29, 0.717) is 5.92 Å². The topological polar surface area (TPSA) is 74.6 Å². The van der Waals surface area contributed by atoms with Crippen LogP contribution in [0, 0.1) is 5.92 Å². The summed E-state index contributed by atoms with van der Waals surface area (Å²) in [5, 5.41) is 13.2. The zero-order valence-electron chi connectivity index (χ0n) is 11.3. The van der Waals surface area contributed by atoms with E-state index in [9.17, 15) is 4.79 Å². The Kier molecular flexibility index (Phi) is 5.30. The molecule has 5 nitrogen and oxygen atoms in total. The third-order valence-corrected chi connectivity index (χ3v) is 4.55. The van der Waals surface area contributed by atoms with E-state index in [2.05, 4.69) is 22.4 Å². The van der Waals surface area contributed by atoms with E-state index in [1.54, 1.807) is 0 Å². The minimum absolute atomic E-state index is 0.0551. The molecular formula is C13H14Cl3N3O2. The first kappa shape index (κ1) is 16.3. The Morgan fingerprint density at radius 3 is 2.67 bits per heavy atom. The van der Waals surface area contributed by atoms with Crippen molar-refractivity contribution < 1.29 is 9.90 Å². The Hall–Kier alpha value is -1.04. The fourth-order valence-electron chi connectivity index (χ4n) is 2.22. The van der Waals surface area contributed by atoms with Crippen LogP contribution < -0.4 is 5.43 Å². The Morgan fingerprint density at radius 2 is 2.05 bits per heavy atom. The Labute approximate surface area is 137 Å². The number of halogens is 3. The minimum atomic E-state index is -1.28. The maximum atomic E-state index is 11.1. The summed E-state index contributed by atoms with van der Waals surface area (Å²) in [6.45, 7) is 2.10. The minimum Gasteiger partial charge on any atom is -0.476 e. The van der Waals surface area contributed by atoms with E-state index in [4.69, 9.17) is 39.9 Å². The molecule has 2 rings (SSSR count). The Bertz CT molecular complexity index is 605. The second-order valence-electron chi connectivity index (χ2n) is 4.92. The quantitative estimate of drug-likeness (QED) is 0.611. The van der Waals surface area contributed by atoms with E-state index in [1.807, 2.05) is 0 Å². The lowest BCUT2D eigenvalue weighted by Crippen LogP contribution is -2.17. The van der Waals surface area contributed by atoms with E-state index in [-0.39, 0.29) is 26.6 Å². The van der Waals surface area contributed by atoms with Crippen molar-refractivity contribution in [3.05, 3.63) is 20.9 Å². The summed E-state index contributed by atoms with van der Waals surface area (Å²) < 4.78 is 0. The predicted octanol–water partition coefficient (Wildman–Crippen LogP) is 4.72. The summed E-state index contributed by atoms with van der Waals surface area (Å²) in [6, 6.07) is 0. The van der Waals surface area contributed by atoms with Gasteiger partial charge in [-0.05, 0) is 25.2 Å². The van der Waals surface area contributed by atoms with Crippen molar-refractivity contribution in [1.29, 1.82) is 0 Å². The summed E-state index contributed by atoms with van der Waals surface area (Å²) in [5.74, 6) is -0.902. The molecule has 0 aromatic carbocycles. The van der Waals surface area contributed by atoms with E-state index >= 15 is 0 Å². The molecule has 1 aliphatic rings. The second-order valence-corrected chi connectivity index (χ2v) is 6.04. The molecule has 1 heterocycles. The van der Waals surface area contributed by atoms with Crippen LogP contribution in [0.25, 0.3) is 0 Å². The monoisotopic (exact) mass is 349 g/mol. The van der Waals surface area contributed by atoms with Crippen LogP contribution in [0.1, 0.15) is 43.1 Å². The first-order valence-corrected chi connectivity index (χ1v) is 7.65. The number of carboxylic acid groups (broad SMARTS) is 1. The van der Waals surface area contributed by atoms with Crippen LogP contribution in [0.5, 0.6) is 0 Å². The number of carboxylic acids is 1. The lowest BCUT2D eigenvalue weighted by molar-refractivity contribution is 0.0691. The van der Waals surface area contributed by atoms with Crippen LogP contribution in [0.2, 0.25) is 15.2 Å². The average molecular weight is 351 g/mol. The molecule has 1 saturated carbocycles. The standard InChI is InChI=1S/C13H14Cl3N3O2/c1-6-4-2-3-5-7(6)18-19-10-8(14)11(13(20)21)17-12(16)9(10)15/h6H,2-5H2,1H3,(H,17,19)(H,20,21)/b18-7-/t6-/m0/s1. The molecule has 1 aromatic rings. The molecule has 0 amide bonds. The number of aromatic nitrogens is 1. The highest BCUT2D eigenvalue weighted by Crippen LogP contribution is 2.37. The number of nitrogens with zero attached hydrogens (tertiary/aromatic N) is 2. The van der Waals surface area contributed by atoms with Gasteiger partial charge < -0.3 is 5.11 Å². The average Bonchev–Trinajstić information content (AvgIpc) is 2.44. The first-order valence-electron chi connectivity index (χ1n) is 6.52. The highest BCUT2D eigenvalue weighted by Gasteiger charge is 2.21. The van der Waals surface area contributed by atoms with Gasteiger partial charge in [-0.3, -0.25) is 5.43 Å². The van der Waals surface area contributed by atoms with Gasteiger partial charge in [0.05, 0.1) is 5.69 Å². The van der Waals surface area contributed by atoms with Crippen molar-refractivity contribution in [2.45, 2.75) is 32.6 Å². The summed E-state index contributed by atoms with van der Waals surface area (Å²) in [4.78, 5) is 14.7. The zero-order chi connectivity index (χ0) is 15.6. The maximum Gasteiger partial charge on any atom is 0.356 e. The number of carbonyl (C=O) groups is 1. The number of hydrogen-bond acceptors (Lipinski definition) is 4. The van der Waals surface area contributed by atoms with Crippen LogP contribution in [0.15, 0.2) is 5.10 Å². The molecule has 1 aliphatic carbocycles. The second kappa shape index (κ2) is 6.81. The molecule has 1 atom stereocenters. The van der Waals surface area contributed by atoms with Gasteiger partial charge in [-0.1, -0.05) is 48.1 Å². The summed E-state index contributed by atoms with van der Waals surface area (Å²) in [7, 11) is 0. The van der Waals surface area contributed by atoms with Crippen molar-refractivity contribution in [3.63, 3.8) is 0 Å². The molecule has 0 radical (unpaired) electrons. The number of rotatable bonds is 3. The van der Waals surface area contributed by atoms with Crippen LogP contribution in [0.4, 0.5) is 5.69 Å². The molecule has 0 aliphatic heterocycles. The van der Waals surface area contributed by atoms with Gasteiger partial charge in [0.2, 0.25) is 0 Å². The van der Waals surface area contributed by atoms with Gasteiger partial charge in [-0.15, -0.1) is 0 Å². The molecule has 0 unspecified atom stereocenters. The van der Waals surface area contributed by atoms with Crippen LogP contribution in [-0.4, -0.2) is 21.8 Å². The van der Waals surface area contributed by atoms with Crippen molar-refractivity contribution in [2.24, 2.45) is 11.0 Å². The van der Waals surface area contributed by atoms with Gasteiger partial charge >= 0.3 is 5.97 Å².